The average Bonchev–Trinajstić information content (AvgIpc) is 2.93. The van der Waals surface area contributed by atoms with Gasteiger partial charge in [-0.1, -0.05) is 0 Å². The summed E-state index contributed by atoms with van der Waals surface area (Å²) in [6, 6.07) is 3.88. The van der Waals surface area contributed by atoms with Gasteiger partial charge in [-0.3, -0.25) is 9.69 Å². The van der Waals surface area contributed by atoms with E-state index in [0.29, 0.717) is 18.4 Å². The van der Waals surface area contributed by atoms with Crippen LogP contribution in [0.5, 0.6) is 0 Å². The van der Waals surface area contributed by atoms with Gasteiger partial charge in [-0.25, -0.2) is 0 Å². The lowest BCUT2D eigenvalue weighted by Gasteiger charge is -2.35. The molecule has 1 aromatic heterocycles. The lowest BCUT2D eigenvalue weighted by Crippen LogP contribution is -2.48. The molecule has 0 bridgehead atoms. The first-order valence-electron chi connectivity index (χ1n) is 6.95. The summed E-state index contributed by atoms with van der Waals surface area (Å²) in [7, 11) is 0. The van der Waals surface area contributed by atoms with E-state index in [9.17, 15) is 4.79 Å². The van der Waals surface area contributed by atoms with Gasteiger partial charge in [0, 0.05) is 19.1 Å². The summed E-state index contributed by atoms with van der Waals surface area (Å²) in [4.78, 5) is 13.4. The molecule has 2 aliphatic rings. The van der Waals surface area contributed by atoms with Crippen LogP contribution in [-0.4, -0.2) is 59.4 Å². The van der Waals surface area contributed by atoms with E-state index in [4.69, 9.17) is 10.5 Å². The average molecular weight is 277 g/mol. The smallest absolute Gasteiger partial charge is 0.269 e. The number of hydrogen-bond acceptors (Lipinski definition) is 6. The van der Waals surface area contributed by atoms with E-state index in [1.54, 1.807) is 12.1 Å². The molecule has 0 radical (unpaired) electrons. The molecule has 3 N–H and O–H groups in total. The van der Waals surface area contributed by atoms with Crippen LogP contribution in [0.15, 0.2) is 12.1 Å². The Balaban J connectivity index is 1.50. The molecule has 108 valence electrons. The van der Waals surface area contributed by atoms with Crippen LogP contribution in [0.1, 0.15) is 23.3 Å². The van der Waals surface area contributed by atoms with Crippen molar-refractivity contribution in [1.82, 2.24) is 15.1 Å². The third-order valence-electron chi connectivity index (χ3n) is 3.89. The Morgan fingerprint density at radius 2 is 2.40 bits per heavy atom. The van der Waals surface area contributed by atoms with E-state index < -0.39 is 5.91 Å². The van der Waals surface area contributed by atoms with Crippen LogP contribution < -0.4 is 11.1 Å². The second-order valence-electron chi connectivity index (χ2n) is 5.30. The van der Waals surface area contributed by atoms with Gasteiger partial charge in [0.25, 0.3) is 5.91 Å². The molecule has 0 aliphatic carbocycles. The van der Waals surface area contributed by atoms with Crippen LogP contribution >= 0.6 is 0 Å². The van der Waals surface area contributed by atoms with Gasteiger partial charge >= 0.3 is 0 Å². The highest BCUT2D eigenvalue weighted by molar-refractivity contribution is 5.90. The first-order valence-corrected chi connectivity index (χ1v) is 6.95. The quantitative estimate of drug-likeness (QED) is 0.795. The molecule has 3 rings (SSSR count). The van der Waals surface area contributed by atoms with Crippen LogP contribution in [0.4, 0.5) is 5.82 Å². The van der Waals surface area contributed by atoms with Crippen LogP contribution in [-0.2, 0) is 4.74 Å². The molecule has 1 amide bonds. The summed E-state index contributed by atoms with van der Waals surface area (Å²) in [6.45, 7) is 3.65. The van der Waals surface area contributed by atoms with Gasteiger partial charge in [0.15, 0.2) is 5.69 Å². The number of morpholine rings is 1. The lowest BCUT2D eigenvalue weighted by atomic mass is 10.2. The van der Waals surface area contributed by atoms with Crippen molar-refractivity contribution >= 4 is 11.7 Å². The van der Waals surface area contributed by atoms with Gasteiger partial charge in [-0.15, -0.1) is 10.2 Å². The van der Waals surface area contributed by atoms with E-state index in [2.05, 4.69) is 20.4 Å². The Morgan fingerprint density at radius 1 is 1.50 bits per heavy atom. The molecular formula is C13H19N5O2. The standard InChI is InChI=1S/C13H19N5O2/c14-13(19)11-3-4-12(17-16-11)15-6-10-7-18-5-1-2-9(18)8-20-10/h3-4,9-10H,1-2,5-8H2,(H2,14,19)(H,15,17). The highest BCUT2D eigenvalue weighted by atomic mass is 16.5. The van der Waals surface area contributed by atoms with Crippen LogP contribution in [0.3, 0.4) is 0 Å². The summed E-state index contributed by atoms with van der Waals surface area (Å²) in [6.07, 6.45) is 2.69. The van der Waals surface area contributed by atoms with E-state index in [1.807, 2.05) is 0 Å². The second kappa shape index (κ2) is 5.72. The van der Waals surface area contributed by atoms with Crippen molar-refractivity contribution in [2.75, 3.05) is 31.6 Å². The molecule has 2 unspecified atom stereocenters. The van der Waals surface area contributed by atoms with Crippen LogP contribution in [0.25, 0.3) is 0 Å². The molecule has 7 heteroatoms. The fraction of sp³-hybridized carbons (Fsp3) is 0.615. The maximum atomic E-state index is 10.9. The van der Waals surface area contributed by atoms with E-state index in [1.165, 1.54) is 19.4 Å². The predicted molar refractivity (Wildman–Crippen MR) is 73.4 cm³/mol. The Morgan fingerprint density at radius 3 is 3.15 bits per heavy atom. The number of rotatable bonds is 4. The number of carbonyl (C=O) groups is 1. The van der Waals surface area contributed by atoms with Gasteiger partial charge < -0.3 is 15.8 Å². The molecule has 2 saturated heterocycles. The number of primary amides is 1. The molecule has 2 fully saturated rings. The number of nitrogens with zero attached hydrogens (tertiary/aromatic N) is 3. The fourth-order valence-corrected chi connectivity index (χ4v) is 2.79. The van der Waals surface area contributed by atoms with Gasteiger partial charge in [0.1, 0.15) is 5.82 Å². The van der Waals surface area contributed by atoms with Gasteiger partial charge in [-0.2, -0.15) is 0 Å². The second-order valence-corrected chi connectivity index (χ2v) is 5.30. The normalized spacial score (nSPS) is 26.2. The number of nitrogens with two attached hydrogens (primary N) is 1. The molecule has 20 heavy (non-hydrogen) atoms. The molecule has 2 aliphatic heterocycles. The number of aromatic nitrogens is 2. The van der Waals surface area contributed by atoms with E-state index >= 15 is 0 Å². The summed E-state index contributed by atoms with van der Waals surface area (Å²) >= 11 is 0. The molecule has 3 heterocycles. The first-order chi connectivity index (χ1) is 9.72. The Bertz CT molecular complexity index is 478. The number of carbonyl (C=O) groups excluding carboxylic acids is 1. The van der Waals surface area contributed by atoms with Crippen molar-refractivity contribution in [1.29, 1.82) is 0 Å². The summed E-state index contributed by atoms with van der Waals surface area (Å²) in [5, 5.41) is 10.9. The molecular weight excluding hydrogens is 258 g/mol. The topological polar surface area (TPSA) is 93.4 Å². The monoisotopic (exact) mass is 277 g/mol. The number of amides is 1. The number of nitrogens with one attached hydrogen (secondary N) is 1. The van der Waals surface area contributed by atoms with Crippen molar-refractivity contribution in [3.8, 4) is 0 Å². The zero-order valence-electron chi connectivity index (χ0n) is 11.3. The highest BCUT2D eigenvalue weighted by Crippen LogP contribution is 2.22. The molecule has 0 saturated carbocycles. The predicted octanol–water partition coefficient (Wildman–Crippen LogP) is -0.149. The molecule has 7 nitrogen and oxygen atoms in total. The van der Waals surface area contributed by atoms with Crippen molar-refractivity contribution in [3.63, 3.8) is 0 Å². The Hall–Kier alpha value is -1.73. The number of anilines is 1. The van der Waals surface area contributed by atoms with E-state index in [0.717, 1.165) is 13.2 Å². The first kappa shape index (κ1) is 13.3. The van der Waals surface area contributed by atoms with Gasteiger partial charge in [0.2, 0.25) is 0 Å². The Kier molecular flexibility index (Phi) is 3.79. The van der Waals surface area contributed by atoms with Crippen LogP contribution in [0, 0.1) is 0 Å². The molecule has 0 spiro atoms. The Labute approximate surface area is 117 Å². The minimum absolute atomic E-state index is 0.168. The fourth-order valence-electron chi connectivity index (χ4n) is 2.79. The number of fused-ring (bicyclic) bond motifs is 1. The maximum absolute atomic E-state index is 10.9. The van der Waals surface area contributed by atoms with Gasteiger partial charge in [-0.05, 0) is 31.5 Å². The summed E-state index contributed by atoms with van der Waals surface area (Å²) in [5.41, 5.74) is 5.29. The summed E-state index contributed by atoms with van der Waals surface area (Å²) in [5.74, 6) is 0.0573. The largest absolute Gasteiger partial charge is 0.373 e. The van der Waals surface area contributed by atoms with E-state index in [-0.39, 0.29) is 11.8 Å². The zero-order chi connectivity index (χ0) is 13.9. The van der Waals surface area contributed by atoms with Crippen LogP contribution in [0.2, 0.25) is 0 Å². The number of ether oxygens (including phenoxy) is 1. The zero-order valence-corrected chi connectivity index (χ0v) is 11.3. The molecule has 1 aromatic rings. The van der Waals surface area contributed by atoms with Crippen molar-refractivity contribution in [2.45, 2.75) is 25.0 Å². The summed E-state index contributed by atoms with van der Waals surface area (Å²) < 4.78 is 5.85. The van der Waals surface area contributed by atoms with Crippen molar-refractivity contribution in [2.24, 2.45) is 5.73 Å². The number of hydrogen-bond donors (Lipinski definition) is 2. The van der Waals surface area contributed by atoms with Crippen molar-refractivity contribution < 1.29 is 9.53 Å². The maximum Gasteiger partial charge on any atom is 0.269 e. The minimum atomic E-state index is -0.570. The third kappa shape index (κ3) is 2.88. The SMILES string of the molecule is NC(=O)c1ccc(NCC2CN3CCCC3CO2)nn1. The molecule has 0 aromatic carbocycles. The van der Waals surface area contributed by atoms with Crippen molar-refractivity contribution in [3.05, 3.63) is 17.8 Å². The third-order valence-corrected chi connectivity index (χ3v) is 3.89. The van der Waals surface area contributed by atoms with Gasteiger partial charge in [0.05, 0.1) is 12.7 Å². The minimum Gasteiger partial charge on any atom is -0.373 e. The molecule has 2 atom stereocenters. The lowest BCUT2D eigenvalue weighted by molar-refractivity contribution is -0.0416. The highest BCUT2D eigenvalue weighted by Gasteiger charge is 2.31.